The zero-order valence-electron chi connectivity index (χ0n) is 10.1. The standard InChI is InChI=1S/C12H16BrNO3/c1-6-4-9(17-3)12(13)7(2)11(6)8(14)5-10(15)16/h4,8H,5,14H2,1-3H3,(H,15,16). The number of aliphatic carboxylic acids is 1. The van der Waals surface area contributed by atoms with Crippen LogP contribution in [0.1, 0.15) is 29.2 Å². The van der Waals surface area contributed by atoms with Crippen LogP contribution in [0, 0.1) is 13.8 Å². The van der Waals surface area contributed by atoms with Crippen molar-refractivity contribution in [2.45, 2.75) is 26.3 Å². The quantitative estimate of drug-likeness (QED) is 0.896. The molecule has 1 aromatic carbocycles. The first-order chi connectivity index (χ1) is 7.88. The molecule has 1 atom stereocenters. The number of aryl methyl sites for hydroxylation is 1. The summed E-state index contributed by atoms with van der Waals surface area (Å²) in [5.74, 6) is -0.172. The van der Waals surface area contributed by atoms with Crippen molar-refractivity contribution in [1.29, 1.82) is 0 Å². The lowest BCUT2D eigenvalue weighted by molar-refractivity contribution is -0.137. The van der Waals surface area contributed by atoms with Crippen molar-refractivity contribution in [3.05, 3.63) is 27.2 Å². The van der Waals surface area contributed by atoms with Crippen molar-refractivity contribution in [3.63, 3.8) is 0 Å². The molecular weight excluding hydrogens is 286 g/mol. The van der Waals surface area contributed by atoms with Crippen LogP contribution in [-0.4, -0.2) is 18.2 Å². The van der Waals surface area contributed by atoms with Crippen LogP contribution in [0.5, 0.6) is 5.75 Å². The number of carboxylic acids is 1. The lowest BCUT2D eigenvalue weighted by atomic mass is 9.94. The SMILES string of the molecule is COc1cc(C)c(C(N)CC(=O)O)c(C)c1Br. The van der Waals surface area contributed by atoms with E-state index in [0.717, 1.165) is 26.9 Å². The Hall–Kier alpha value is -1.07. The van der Waals surface area contributed by atoms with Crippen LogP contribution >= 0.6 is 15.9 Å². The van der Waals surface area contributed by atoms with Crippen LogP contribution in [0.2, 0.25) is 0 Å². The second kappa shape index (κ2) is 5.51. The molecule has 1 aromatic rings. The zero-order valence-corrected chi connectivity index (χ0v) is 11.7. The maximum Gasteiger partial charge on any atom is 0.305 e. The predicted molar refractivity (Wildman–Crippen MR) is 69.3 cm³/mol. The summed E-state index contributed by atoms with van der Waals surface area (Å²) in [5.41, 5.74) is 8.64. The highest BCUT2D eigenvalue weighted by Crippen LogP contribution is 2.35. The van der Waals surface area contributed by atoms with Gasteiger partial charge in [0.2, 0.25) is 0 Å². The van der Waals surface area contributed by atoms with Gasteiger partial charge >= 0.3 is 5.97 Å². The number of nitrogens with two attached hydrogens (primary N) is 1. The van der Waals surface area contributed by atoms with Gasteiger partial charge in [0, 0.05) is 6.04 Å². The first-order valence-electron chi connectivity index (χ1n) is 5.19. The normalized spacial score (nSPS) is 12.3. The monoisotopic (exact) mass is 301 g/mol. The minimum Gasteiger partial charge on any atom is -0.496 e. The molecule has 0 heterocycles. The van der Waals surface area contributed by atoms with Gasteiger partial charge in [0.1, 0.15) is 5.75 Å². The molecule has 0 amide bonds. The van der Waals surface area contributed by atoms with Gasteiger partial charge in [-0.1, -0.05) is 0 Å². The van der Waals surface area contributed by atoms with E-state index in [4.69, 9.17) is 15.6 Å². The van der Waals surface area contributed by atoms with E-state index in [1.807, 2.05) is 19.9 Å². The maximum atomic E-state index is 10.7. The Morgan fingerprint density at radius 3 is 2.65 bits per heavy atom. The first-order valence-corrected chi connectivity index (χ1v) is 5.98. The van der Waals surface area contributed by atoms with E-state index in [1.54, 1.807) is 7.11 Å². The van der Waals surface area contributed by atoms with E-state index in [-0.39, 0.29) is 6.42 Å². The summed E-state index contributed by atoms with van der Waals surface area (Å²) in [6, 6.07) is 1.35. The number of ether oxygens (including phenoxy) is 1. The van der Waals surface area contributed by atoms with Gasteiger partial charge in [-0.3, -0.25) is 4.79 Å². The van der Waals surface area contributed by atoms with Gasteiger partial charge in [0.15, 0.2) is 0 Å². The minimum atomic E-state index is -0.900. The average Bonchev–Trinajstić information content (AvgIpc) is 2.22. The number of hydrogen-bond donors (Lipinski definition) is 2. The van der Waals surface area contributed by atoms with Crippen LogP contribution in [0.15, 0.2) is 10.5 Å². The Bertz CT molecular complexity index is 446. The predicted octanol–water partition coefficient (Wildman–Crippen LogP) is 2.55. The Morgan fingerprint density at radius 2 is 2.18 bits per heavy atom. The second-order valence-corrected chi connectivity index (χ2v) is 4.75. The molecule has 0 radical (unpaired) electrons. The number of rotatable bonds is 4. The summed E-state index contributed by atoms with van der Waals surface area (Å²) in [5, 5.41) is 8.78. The van der Waals surface area contributed by atoms with E-state index in [9.17, 15) is 4.79 Å². The molecule has 0 aliphatic carbocycles. The Morgan fingerprint density at radius 1 is 1.59 bits per heavy atom. The van der Waals surface area contributed by atoms with Gasteiger partial charge in [-0.2, -0.15) is 0 Å². The number of halogens is 1. The van der Waals surface area contributed by atoms with Gasteiger partial charge in [0.25, 0.3) is 0 Å². The average molecular weight is 302 g/mol. The third-order valence-corrected chi connectivity index (χ3v) is 3.69. The minimum absolute atomic E-state index is 0.0829. The number of methoxy groups -OCH3 is 1. The lowest BCUT2D eigenvalue weighted by Gasteiger charge is -2.19. The fourth-order valence-electron chi connectivity index (χ4n) is 1.95. The highest BCUT2D eigenvalue weighted by molar-refractivity contribution is 9.10. The molecule has 17 heavy (non-hydrogen) atoms. The molecule has 0 fully saturated rings. The smallest absolute Gasteiger partial charge is 0.305 e. The molecule has 0 aliphatic heterocycles. The third-order valence-electron chi connectivity index (χ3n) is 2.71. The Labute approximate surface area is 109 Å². The van der Waals surface area contributed by atoms with Crippen LogP contribution in [0.4, 0.5) is 0 Å². The summed E-state index contributed by atoms with van der Waals surface area (Å²) in [6.07, 6.45) is -0.0829. The zero-order chi connectivity index (χ0) is 13.2. The van der Waals surface area contributed by atoms with Gasteiger partial charge in [0.05, 0.1) is 18.0 Å². The van der Waals surface area contributed by atoms with Gasteiger partial charge in [-0.25, -0.2) is 0 Å². The highest BCUT2D eigenvalue weighted by atomic mass is 79.9. The molecular formula is C12H16BrNO3. The molecule has 0 saturated carbocycles. The van der Waals surface area contributed by atoms with Crippen LogP contribution in [0.25, 0.3) is 0 Å². The summed E-state index contributed by atoms with van der Waals surface area (Å²) < 4.78 is 6.04. The summed E-state index contributed by atoms with van der Waals surface area (Å²) >= 11 is 3.43. The first kappa shape index (κ1) is 14.0. The number of benzene rings is 1. The fourth-order valence-corrected chi connectivity index (χ4v) is 2.44. The molecule has 4 nitrogen and oxygen atoms in total. The summed E-state index contributed by atoms with van der Waals surface area (Å²) in [4.78, 5) is 10.7. The summed E-state index contributed by atoms with van der Waals surface area (Å²) in [7, 11) is 1.59. The lowest BCUT2D eigenvalue weighted by Crippen LogP contribution is -2.17. The molecule has 5 heteroatoms. The van der Waals surface area contributed by atoms with Gasteiger partial charge < -0.3 is 15.6 Å². The Balaban J connectivity index is 3.25. The van der Waals surface area contributed by atoms with Gasteiger partial charge in [-0.15, -0.1) is 0 Å². The van der Waals surface area contributed by atoms with Crippen molar-refractivity contribution in [1.82, 2.24) is 0 Å². The van der Waals surface area contributed by atoms with Crippen LogP contribution in [0.3, 0.4) is 0 Å². The molecule has 0 spiro atoms. The van der Waals surface area contributed by atoms with Crippen molar-refractivity contribution < 1.29 is 14.6 Å². The van der Waals surface area contributed by atoms with Crippen molar-refractivity contribution in [2.75, 3.05) is 7.11 Å². The molecule has 94 valence electrons. The van der Waals surface area contributed by atoms with Crippen LogP contribution in [-0.2, 0) is 4.79 Å². The van der Waals surface area contributed by atoms with E-state index >= 15 is 0 Å². The molecule has 0 saturated heterocycles. The topological polar surface area (TPSA) is 72.5 Å². The van der Waals surface area contributed by atoms with E-state index in [1.165, 1.54) is 0 Å². The third kappa shape index (κ3) is 2.98. The summed E-state index contributed by atoms with van der Waals surface area (Å²) in [6.45, 7) is 3.80. The largest absolute Gasteiger partial charge is 0.496 e. The molecule has 1 unspecified atom stereocenters. The molecule has 1 rings (SSSR count). The second-order valence-electron chi connectivity index (χ2n) is 3.95. The van der Waals surface area contributed by atoms with Crippen molar-refractivity contribution in [2.24, 2.45) is 5.73 Å². The molecule has 3 N–H and O–H groups in total. The number of hydrogen-bond acceptors (Lipinski definition) is 3. The molecule has 0 aliphatic rings. The maximum absolute atomic E-state index is 10.7. The molecule has 0 bridgehead atoms. The fraction of sp³-hybridized carbons (Fsp3) is 0.417. The van der Waals surface area contributed by atoms with Gasteiger partial charge in [-0.05, 0) is 52.5 Å². The Kier molecular flexibility index (Phi) is 4.54. The molecule has 0 aromatic heterocycles. The van der Waals surface area contributed by atoms with Crippen LogP contribution < -0.4 is 10.5 Å². The number of carboxylic acid groups (broad SMARTS) is 1. The van der Waals surface area contributed by atoms with E-state index in [2.05, 4.69) is 15.9 Å². The van der Waals surface area contributed by atoms with Crippen molar-refractivity contribution >= 4 is 21.9 Å². The number of carbonyl (C=O) groups is 1. The van der Waals surface area contributed by atoms with Crippen molar-refractivity contribution in [3.8, 4) is 5.75 Å². The van der Waals surface area contributed by atoms with E-state index in [0.29, 0.717) is 0 Å². The highest BCUT2D eigenvalue weighted by Gasteiger charge is 2.19. The van der Waals surface area contributed by atoms with E-state index < -0.39 is 12.0 Å².